The standard InChI is InChI=1S/C31H23N9O12S3/c32-17-2-12-22(25(14-17)54(47,48)49)36-37-23-11-1-16-13-26(55(50,51)52)28(30(42)27(16)29(23)41)39-35-19-5-3-18(4-6-19)34-38-24-15-33-40(31(24)43)20-7-9-21(10-8-20)53(44,45)46/h1-15,33,41-42H,32H2,(H,44,45,46)(H,47,48,49)(H,50,51,52). The molecule has 6 aromatic rings. The number of nitrogens with one attached hydrogen (secondary N) is 1. The van der Waals surface area contributed by atoms with Crippen LogP contribution >= 0.6 is 0 Å². The van der Waals surface area contributed by atoms with Gasteiger partial charge in [-0.3, -0.25) is 23.6 Å². The van der Waals surface area contributed by atoms with Crippen LogP contribution in [0.1, 0.15) is 0 Å². The summed E-state index contributed by atoms with van der Waals surface area (Å²) in [4.78, 5) is 10.9. The molecule has 5 aromatic carbocycles. The summed E-state index contributed by atoms with van der Waals surface area (Å²) in [5.41, 5.74) is 3.95. The van der Waals surface area contributed by atoms with Crippen molar-refractivity contribution in [2.75, 3.05) is 5.73 Å². The zero-order valence-corrected chi connectivity index (χ0v) is 29.6. The summed E-state index contributed by atoms with van der Waals surface area (Å²) in [7, 11) is -14.2. The minimum Gasteiger partial charge on any atom is -0.505 e. The highest BCUT2D eigenvalue weighted by molar-refractivity contribution is 7.86. The number of hydrogen-bond acceptors (Lipinski definition) is 16. The summed E-state index contributed by atoms with van der Waals surface area (Å²) in [6.07, 6.45) is 1.25. The molecule has 1 aromatic heterocycles. The van der Waals surface area contributed by atoms with Crippen molar-refractivity contribution in [1.82, 2.24) is 9.78 Å². The number of anilines is 1. The average Bonchev–Trinajstić information content (AvgIpc) is 3.49. The normalized spacial score (nSPS) is 12.8. The summed E-state index contributed by atoms with van der Waals surface area (Å²) < 4.78 is 100. The fourth-order valence-corrected chi connectivity index (χ4v) is 6.70. The Morgan fingerprint density at radius 1 is 0.582 bits per heavy atom. The van der Waals surface area contributed by atoms with Crippen molar-refractivity contribution in [3.05, 3.63) is 101 Å². The third kappa shape index (κ3) is 8.12. The van der Waals surface area contributed by atoms with Crippen LogP contribution in [0.4, 0.5) is 39.8 Å². The number of aromatic nitrogens is 2. The lowest BCUT2D eigenvalue weighted by Crippen LogP contribution is -2.14. The van der Waals surface area contributed by atoms with Gasteiger partial charge in [-0.1, -0.05) is 6.07 Å². The maximum Gasteiger partial charge on any atom is 0.298 e. The molecular formula is C31H23N9O12S3. The Kier molecular flexibility index (Phi) is 9.87. The van der Waals surface area contributed by atoms with Crippen molar-refractivity contribution >= 4 is 80.9 Å². The Hall–Kier alpha value is -6.70. The van der Waals surface area contributed by atoms with E-state index in [1.165, 1.54) is 54.7 Å². The van der Waals surface area contributed by atoms with Crippen LogP contribution in [0, 0.1) is 0 Å². The van der Waals surface area contributed by atoms with E-state index in [0.29, 0.717) is 0 Å². The van der Waals surface area contributed by atoms with Gasteiger partial charge in [-0.25, -0.2) is 4.68 Å². The van der Waals surface area contributed by atoms with Gasteiger partial charge < -0.3 is 15.9 Å². The van der Waals surface area contributed by atoms with E-state index in [2.05, 4.69) is 35.8 Å². The zero-order valence-electron chi connectivity index (χ0n) is 27.2. The summed E-state index contributed by atoms with van der Waals surface area (Å²) >= 11 is 0. The Balaban J connectivity index is 1.28. The lowest BCUT2D eigenvalue weighted by atomic mass is 10.1. The Morgan fingerprint density at radius 2 is 1.15 bits per heavy atom. The van der Waals surface area contributed by atoms with E-state index in [-0.39, 0.29) is 55.5 Å². The van der Waals surface area contributed by atoms with Gasteiger partial charge in [0.2, 0.25) is 0 Å². The van der Waals surface area contributed by atoms with Crippen LogP contribution in [-0.2, 0) is 30.4 Å². The number of H-pyrrole nitrogens is 1. The first kappa shape index (κ1) is 38.0. The van der Waals surface area contributed by atoms with Crippen molar-refractivity contribution in [3.8, 4) is 17.2 Å². The monoisotopic (exact) mass is 809 g/mol. The average molecular weight is 810 g/mol. The Bertz CT molecular complexity index is 3000. The first-order valence-electron chi connectivity index (χ1n) is 14.9. The Morgan fingerprint density at radius 3 is 1.75 bits per heavy atom. The van der Waals surface area contributed by atoms with Gasteiger partial charge in [0.15, 0.2) is 17.2 Å². The molecule has 0 spiro atoms. The number of nitrogen functional groups attached to an aromatic ring is 1. The molecular weight excluding hydrogens is 787 g/mol. The molecule has 0 aliphatic rings. The fraction of sp³-hybridized carbons (Fsp3) is 0. The minimum absolute atomic E-state index is 0.00239. The predicted molar refractivity (Wildman–Crippen MR) is 193 cm³/mol. The molecule has 8 N–H and O–H groups in total. The third-order valence-corrected chi connectivity index (χ3v) is 10.1. The van der Waals surface area contributed by atoms with Gasteiger partial charge in [0.25, 0.3) is 35.9 Å². The second kappa shape index (κ2) is 14.3. The summed E-state index contributed by atoms with van der Waals surface area (Å²) in [6, 6.07) is 16.9. The quantitative estimate of drug-likeness (QED) is 0.0454. The van der Waals surface area contributed by atoms with Crippen LogP contribution in [0.25, 0.3) is 16.5 Å². The molecule has 0 amide bonds. The lowest BCUT2D eigenvalue weighted by molar-refractivity contribution is 0.461. The molecule has 0 saturated heterocycles. The number of nitrogens with two attached hydrogens (primary N) is 1. The van der Waals surface area contributed by atoms with E-state index < -0.39 is 62.9 Å². The second-order valence-corrected chi connectivity index (χ2v) is 15.4. The first-order valence-corrected chi connectivity index (χ1v) is 19.2. The molecule has 282 valence electrons. The zero-order chi connectivity index (χ0) is 39.9. The molecule has 55 heavy (non-hydrogen) atoms. The molecule has 6 rings (SSSR count). The van der Waals surface area contributed by atoms with E-state index >= 15 is 0 Å². The Labute approximate surface area is 308 Å². The topological polar surface area (TPSA) is 342 Å². The molecule has 0 bridgehead atoms. The number of azo groups is 3. The van der Waals surface area contributed by atoms with Crippen LogP contribution in [0.2, 0.25) is 0 Å². The number of aromatic hydroxyl groups is 2. The molecule has 0 radical (unpaired) electrons. The molecule has 0 saturated carbocycles. The van der Waals surface area contributed by atoms with Gasteiger partial charge in [0.1, 0.15) is 26.9 Å². The molecule has 0 fully saturated rings. The molecule has 24 heteroatoms. The maximum absolute atomic E-state index is 12.8. The largest absolute Gasteiger partial charge is 0.505 e. The number of fused-ring (bicyclic) bond motifs is 1. The third-order valence-electron chi connectivity index (χ3n) is 7.51. The van der Waals surface area contributed by atoms with Gasteiger partial charge in [0, 0.05) is 5.69 Å². The molecule has 0 aliphatic carbocycles. The van der Waals surface area contributed by atoms with Gasteiger partial charge >= 0.3 is 0 Å². The van der Waals surface area contributed by atoms with Gasteiger partial charge in [-0.05, 0) is 84.2 Å². The van der Waals surface area contributed by atoms with Crippen molar-refractivity contribution in [2.24, 2.45) is 30.7 Å². The molecule has 0 atom stereocenters. The highest BCUT2D eigenvalue weighted by atomic mass is 32.2. The molecule has 21 nitrogen and oxygen atoms in total. The summed E-state index contributed by atoms with van der Waals surface area (Å²) in [5, 5.41) is 47.5. The number of phenolic OH excluding ortho intramolecular Hbond substituents is 2. The van der Waals surface area contributed by atoms with Crippen LogP contribution in [0.3, 0.4) is 0 Å². The number of nitrogens with zero attached hydrogens (tertiary/aromatic N) is 7. The maximum atomic E-state index is 12.8. The highest BCUT2D eigenvalue weighted by Crippen LogP contribution is 2.48. The summed E-state index contributed by atoms with van der Waals surface area (Å²) in [6.45, 7) is 0. The molecule has 1 heterocycles. The predicted octanol–water partition coefficient (Wildman–Crippen LogP) is 6.30. The van der Waals surface area contributed by atoms with Crippen molar-refractivity contribution in [3.63, 3.8) is 0 Å². The summed E-state index contributed by atoms with van der Waals surface area (Å²) in [5.74, 6) is -1.69. The van der Waals surface area contributed by atoms with E-state index in [9.17, 15) is 49.4 Å². The SMILES string of the molecule is Nc1ccc(N=Nc2ccc3cc(S(=O)(=O)O)c(N=Nc4ccc(N=Nc5c[nH]n(-c6ccc(S(=O)(=O)O)cc6)c5=O)cc4)c(O)c3c2O)c(S(=O)(=O)O)c1. The van der Waals surface area contributed by atoms with Gasteiger partial charge in [-0.2, -0.15) is 35.5 Å². The van der Waals surface area contributed by atoms with E-state index in [1.54, 1.807) is 0 Å². The van der Waals surface area contributed by atoms with Crippen LogP contribution in [0.15, 0.2) is 141 Å². The van der Waals surface area contributed by atoms with Gasteiger partial charge in [0.05, 0.1) is 33.5 Å². The number of benzene rings is 5. The van der Waals surface area contributed by atoms with Crippen LogP contribution in [-0.4, -0.2) is 58.9 Å². The number of phenols is 2. The number of rotatable bonds is 10. The van der Waals surface area contributed by atoms with Crippen molar-refractivity contribution in [1.29, 1.82) is 0 Å². The number of aromatic amines is 1. The fourth-order valence-electron chi connectivity index (χ4n) is 4.91. The highest BCUT2D eigenvalue weighted by Gasteiger charge is 2.25. The van der Waals surface area contributed by atoms with E-state index in [1.807, 2.05) is 0 Å². The van der Waals surface area contributed by atoms with Crippen molar-refractivity contribution in [2.45, 2.75) is 14.7 Å². The molecule has 0 aliphatic heterocycles. The van der Waals surface area contributed by atoms with Crippen LogP contribution in [0.5, 0.6) is 11.5 Å². The minimum atomic E-state index is -5.03. The molecule has 0 unspecified atom stereocenters. The number of hydrogen-bond donors (Lipinski definition) is 7. The van der Waals surface area contributed by atoms with Crippen LogP contribution < -0.4 is 11.3 Å². The smallest absolute Gasteiger partial charge is 0.298 e. The lowest BCUT2D eigenvalue weighted by Gasteiger charge is -2.11. The second-order valence-electron chi connectivity index (χ2n) is 11.2. The van der Waals surface area contributed by atoms with Gasteiger partial charge in [-0.15, -0.1) is 20.5 Å². The first-order chi connectivity index (χ1) is 25.8. The van der Waals surface area contributed by atoms with Crippen molar-refractivity contribution < 1.29 is 49.1 Å². The van der Waals surface area contributed by atoms with E-state index in [0.717, 1.165) is 41.1 Å². The van der Waals surface area contributed by atoms with E-state index in [4.69, 9.17) is 10.3 Å².